The van der Waals surface area contributed by atoms with Gasteiger partial charge >= 0.3 is 12.6 Å². The average Bonchev–Trinajstić information content (AvgIpc) is 3.64. The van der Waals surface area contributed by atoms with Crippen molar-refractivity contribution in [3.8, 4) is 11.4 Å². The SMILES string of the molecule is C/C=C/N=C(/C(F)=C/n1c(C)cc(C(C)Cc2cnn(C(O)(O)O)n2)c(Cl)c1=O)c1cccc(-c2ncnn2C(F)F)c1F. The number of nitrogens with zero attached hydrogens (tertiary/aromatic N) is 8. The molecule has 3 N–H and O–H groups in total. The second-order valence-electron chi connectivity index (χ2n) is 9.47. The summed E-state index contributed by atoms with van der Waals surface area (Å²) in [6, 6.07) is 5.20. The van der Waals surface area contributed by atoms with E-state index in [1.807, 2.05) is 0 Å². The molecule has 0 spiro atoms. The molecule has 0 aliphatic carbocycles. The molecule has 44 heavy (non-hydrogen) atoms. The molecule has 0 amide bonds. The fourth-order valence-corrected chi connectivity index (χ4v) is 4.61. The molecule has 1 atom stereocenters. The van der Waals surface area contributed by atoms with E-state index in [-0.39, 0.29) is 37.9 Å². The molecule has 0 radical (unpaired) electrons. The minimum Gasteiger partial charge on any atom is -0.323 e. The first-order valence-corrected chi connectivity index (χ1v) is 13.2. The van der Waals surface area contributed by atoms with Gasteiger partial charge in [-0.15, -0.1) is 0 Å². The van der Waals surface area contributed by atoms with E-state index in [0.29, 0.717) is 5.56 Å². The van der Waals surface area contributed by atoms with Gasteiger partial charge in [-0.2, -0.15) is 28.8 Å². The molecule has 0 saturated carbocycles. The van der Waals surface area contributed by atoms with Crippen LogP contribution >= 0.6 is 11.6 Å². The van der Waals surface area contributed by atoms with E-state index < -0.39 is 52.9 Å². The van der Waals surface area contributed by atoms with Crippen molar-refractivity contribution in [3.63, 3.8) is 0 Å². The van der Waals surface area contributed by atoms with Crippen LogP contribution in [-0.2, 0) is 12.5 Å². The first-order chi connectivity index (χ1) is 20.7. The molecule has 3 aromatic heterocycles. The van der Waals surface area contributed by atoms with Gasteiger partial charge in [-0.05, 0) is 49.9 Å². The number of hydrogen-bond acceptors (Lipinski definition) is 9. The smallest absolute Gasteiger partial charge is 0.323 e. The lowest BCUT2D eigenvalue weighted by Gasteiger charge is -2.16. The highest BCUT2D eigenvalue weighted by Gasteiger charge is 2.26. The van der Waals surface area contributed by atoms with Crippen molar-refractivity contribution in [2.24, 2.45) is 4.99 Å². The van der Waals surface area contributed by atoms with Crippen LogP contribution in [-0.4, -0.2) is 55.4 Å². The van der Waals surface area contributed by atoms with E-state index in [2.05, 4.69) is 25.3 Å². The molecule has 0 fully saturated rings. The van der Waals surface area contributed by atoms with Crippen molar-refractivity contribution in [2.75, 3.05) is 0 Å². The van der Waals surface area contributed by atoms with E-state index >= 15 is 8.78 Å². The Morgan fingerprint density at radius 2 is 1.95 bits per heavy atom. The van der Waals surface area contributed by atoms with Crippen LogP contribution < -0.4 is 5.56 Å². The van der Waals surface area contributed by atoms with E-state index in [1.165, 1.54) is 49.7 Å². The Morgan fingerprint density at radius 1 is 1.23 bits per heavy atom. The molecule has 0 saturated heterocycles. The van der Waals surface area contributed by atoms with E-state index in [9.17, 15) is 28.9 Å². The normalized spacial score (nSPS) is 13.8. The van der Waals surface area contributed by atoms with E-state index in [0.717, 1.165) is 17.1 Å². The fourth-order valence-electron chi connectivity index (χ4n) is 4.28. The number of pyridine rings is 1. The molecule has 0 aliphatic heterocycles. The van der Waals surface area contributed by atoms with Crippen LogP contribution in [0.2, 0.25) is 5.02 Å². The Labute approximate surface area is 251 Å². The minimum absolute atomic E-state index is 0.123. The predicted octanol–water partition coefficient (Wildman–Crippen LogP) is 3.88. The predicted molar refractivity (Wildman–Crippen MR) is 151 cm³/mol. The molecule has 1 unspecified atom stereocenters. The molecule has 17 heteroatoms. The maximum absolute atomic E-state index is 15.9. The number of aromatic nitrogens is 7. The monoisotopic (exact) mass is 636 g/mol. The summed E-state index contributed by atoms with van der Waals surface area (Å²) in [5.74, 6) is -3.19. The van der Waals surface area contributed by atoms with Gasteiger partial charge in [0.25, 0.3) is 5.56 Å². The molecule has 4 rings (SSSR count). The molecule has 1 aromatic carbocycles. The summed E-state index contributed by atoms with van der Waals surface area (Å²) in [6.45, 7) is 1.69. The summed E-state index contributed by atoms with van der Waals surface area (Å²) in [7, 11) is 0. The lowest BCUT2D eigenvalue weighted by molar-refractivity contribution is -0.387. The minimum atomic E-state index is -3.29. The lowest BCUT2D eigenvalue weighted by atomic mass is 9.96. The maximum Gasteiger partial charge on any atom is 0.405 e. The number of aliphatic hydroxyl groups is 3. The standard InChI is InChI=1S/C27H25ClF4N8O4/c1-4-8-33-23(17-6-5-7-18(22(17)30)24-34-13-36-39(24)26(31)32)20(29)12-38-15(3)10-19(21(28)25(38)41)14(2)9-16-11-35-40(37-16)27(42,43)44/h4-8,10-14,26,42-44H,9H2,1-3H3/b8-4+,20-12-,33-23+. The first-order valence-electron chi connectivity index (χ1n) is 12.8. The Bertz CT molecular complexity index is 1820. The highest BCUT2D eigenvalue weighted by atomic mass is 35.5. The molecular formula is C27H25ClF4N8O4. The Morgan fingerprint density at radius 3 is 2.59 bits per heavy atom. The summed E-state index contributed by atoms with van der Waals surface area (Å²) in [4.78, 5) is 21.2. The van der Waals surface area contributed by atoms with Crippen molar-refractivity contribution in [3.05, 3.63) is 98.6 Å². The van der Waals surface area contributed by atoms with Gasteiger partial charge in [0.15, 0.2) is 11.7 Å². The van der Waals surface area contributed by atoms with Gasteiger partial charge in [-0.3, -0.25) is 14.4 Å². The van der Waals surface area contributed by atoms with Crippen LogP contribution in [0.4, 0.5) is 17.6 Å². The molecule has 232 valence electrons. The Balaban J connectivity index is 1.73. The number of aryl methyl sites for hydroxylation is 1. The summed E-state index contributed by atoms with van der Waals surface area (Å²) in [6.07, 6.45) is 2.27. The van der Waals surface area contributed by atoms with Crippen molar-refractivity contribution in [1.82, 2.24) is 34.3 Å². The first kappa shape index (κ1) is 32.4. The molecule has 0 aliphatic rings. The number of halogens is 5. The zero-order valence-corrected chi connectivity index (χ0v) is 24.0. The third kappa shape index (κ3) is 6.67. The number of aliphatic imine (C=N–C) groups is 1. The number of alkyl halides is 2. The third-order valence-corrected chi connectivity index (χ3v) is 6.71. The van der Waals surface area contributed by atoms with Gasteiger partial charge in [0.2, 0.25) is 0 Å². The van der Waals surface area contributed by atoms with Gasteiger partial charge in [0.1, 0.15) is 22.9 Å². The van der Waals surface area contributed by atoms with Crippen molar-refractivity contribution >= 4 is 23.5 Å². The molecule has 0 bridgehead atoms. The van der Waals surface area contributed by atoms with Gasteiger partial charge < -0.3 is 15.3 Å². The number of hydrogen-bond donors (Lipinski definition) is 3. The highest BCUT2D eigenvalue weighted by Crippen LogP contribution is 2.29. The Kier molecular flexibility index (Phi) is 9.58. The lowest BCUT2D eigenvalue weighted by Crippen LogP contribution is -2.34. The van der Waals surface area contributed by atoms with Gasteiger partial charge in [0, 0.05) is 17.5 Å². The maximum atomic E-state index is 15.9. The number of benzene rings is 1. The van der Waals surface area contributed by atoms with E-state index in [1.54, 1.807) is 13.8 Å². The zero-order valence-electron chi connectivity index (χ0n) is 23.3. The molecule has 4 aromatic rings. The number of rotatable bonds is 10. The molecule has 3 heterocycles. The quantitative estimate of drug-likeness (QED) is 0.135. The Hall–Kier alpha value is -4.51. The second kappa shape index (κ2) is 13.0. The highest BCUT2D eigenvalue weighted by molar-refractivity contribution is 6.31. The average molecular weight is 637 g/mol. The van der Waals surface area contributed by atoms with Gasteiger partial charge in [0.05, 0.1) is 23.7 Å². The third-order valence-electron chi connectivity index (χ3n) is 6.33. The molecular weight excluding hydrogens is 612 g/mol. The summed E-state index contributed by atoms with van der Waals surface area (Å²) in [5.41, 5.74) is -1.28. The fraction of sp³-hybridized carbons (Fsp3) is 0.259. The van der Waals surface area contributed by atoms with Crippen LogP contribution in [0.5, 0.6) is 0 Å². The van der Waals surface area contributed by atoms with Crippen molar-refractivity contribution in [1.29, 1.82) is 0 Å². The largest absolute Gasteiger partial charge is 0.405 e. The van der Waals surface area contributed by atoms with Gasteiger partial charge in [-0.1, -0.05) is 35.5 Å². The van der Waals surface area contributed by atoms with Crippen LogP contribution in [0.1, 0.15) is 48.8 Å². The van der Waals surface area contributed by atoms with Crippen molar-refractivity contribution < 1.29 is 32.9 Å². The van der Waals surface area contributed by atoms with Crippen LogP contribution in [0, 0.1) is 12.7 Å². The number of allylic oxidation sites excluding steroid dienone is 2. The van der Waals surface area contributed by atoms with E-state index in [4.69, 9.17) is 11.6 Å². The summed E-state index contributed by atoms with van der Waals surface area (Å²) in [5, 5.41) is 38.1. The second-order valence-corrected chi connectivity index (χ2v) is 9.85. The van der Waals surface area contributed by atoms with Gasteiger partial charge in [-0.25, -0.2) is 13.8 Å². The topological polar surface area (TPSA) is 156 Å². The summed E-state index contributed by atoms with van der Waals surface area (Å²) < 4.78 is 59.4. The summed E-state index contributed by atoms with van der Waals surface area (Å²) >= 11 is 6.39. The molecule has 12 nitrogen and oxygen atoms in total. The van der Waals surface area contributed by atoms with Crippen LogP contribution in [0.15, 0.2) is 64.7 Å². The van der Waals surface area contributed by atoms with Crippen molar-refractivity contribution in [2.45, 2.75) is 45.8 Å². The van der Waals surface area contributed by atoms with Crippen LogP contribution in [0.3, 0.4) is 0 Å². The zero-order chi connectivity index (χ0) is 32.3. The van der Waals surface area contributed by atoms with Crippen LogP contribution in [0.25, 0.3) is 17.6 Å².